The van der Waals surface area contributed by atoms with Gasteiger partial charge in [0, 0.05) is 31.8 Å². The monoisotopic (exact) mass is 198 g/mol. The molecule has 2 aliphatic rings. The molecule has 0 radical (unpaired) electrons. The van der Waals surface area contributed by atoms with Crippen molar-refractivity contribution in [2.24, 2.45) is 11.7 Å². The van der Waals surface area contributed by atoms with E-state index in [0.717, 1.165) is 25.7 Å². The summed E-state index contributed by atoms with van der Waals surface area (Å²) >= 11 is 0. The molecule has 0 amide bonds. The maximum atomic E-state index is 5.81. The third-order valence-electron chi connectivity index (χ3n) is 3.89. The predicted octanol–water partition coefficient (Wildman–Crippen LogP) is 0.836. The van der Waals surface area contributed by atoms with Crippen molar-refractivity contribution in [2.75, 3.05) is 33.4 Å². The smallest absolute Gasteiger partial charge is 0.0469 e. The third-order valence-corrected chi connectivity index (χ3v) is 3.89. The van der Waals surface area contributed by atoms with Gasteiger partial charge in [0.25, 0.3) is 0 Å². The molecule has 1 heterocycles. The Morgan fingerprint density at radius 2 is 2.00 bits per heavy atom. The first-order chi connectivity index (χ1) is 6.77. The van der Waals surface area contributed by atoms with Crippen molar-refractivity contribution in [1.82, 2.24) is 4.90 Å². The van der Waals surface area contributed by atoms with Gasteiger partial charge < -0.3 is 10.5 Å². The number of rotatable bonds is 4. The van der Waals surface area contributed by atoms with E-state index in [4.69, 9.17) is 10.5 Å². The topological polar surface area (TPSA) is 38.5 Å². The minimum absolute atomic E-state index is 0.373. The summed E-state index contributed by atoms with van der Waals surface area (Å²) in [6.07, 6.45) is 5.04. The molecule has 1 aliphatic heterocycles. The van der Waals surface area contributed by atoms with Gasteiger partial charge in [-0.05, 0) is 38.6 Å². The summed E-state index contributed by atoms with van der Waals surface area (Å²) in [5.74, 6) is 0.831. The first-order valence-corrected chi connectivity index (χ1v) is 5.76. The lowest BCUT2D eigenvalue weighted by Crippen LogP contribution is -2.43. The zero-order chi connectivity index (χ0) is 10.0. The highest BCUT2D eigenvalue weighted by Crippen LogP contribution is 2.40. The van der Waals surface area contributed by atoms with E-state index in [-0.39, 0.29) is 0 Å². The van der Waals surface area contributed by atoms with E-state index >= 15 is 0 Å². The molecule has 0 aromatic heterocycles. The molecule has 0 aromatic rings. The summed E-state index contributed by atoms with van der Waals surface area (Å²) < 4.78 is 5.37. The molecule has 0 unspecified atom stereocenters. The molecule has 0 bridgehead atoms. The number of nitrogens with two attached hydrogens (primary N) is 1. The van der Waals surface area contributed by atoms with Gasteiger partial charge in [0.05, 0.1) is 0 Å². The average molecular weight is 198 g/mol. The van der Waals surface area contributed by atoms with Crippen molar-refractivity contribution in [2.45, 2.75) is 31.2 Å². The van der Waals surface area contributed by atoms with Crippen LogP contribution >= 0.6 is 0 Å². The van der Waals surface area contributed by atoms with Crippen LogP contribution in [0.5, 0.6) is 0 Å². The standard InChI is InChI=1S/C11H22N2O/c1-13(11(9-12)4-5-11)8-10-2-6-14-7-3-10/h10H,2-9,12H2,1H3. The van der Waals surface area contributed by atoms with Crippen LogP contribution in [0.3, 0.4) is 0 Å². The highest BCUT2D eigenvalue weighted by molar-refractivity contribution is 5.03. The first kappa shape index (κ1) is 10.4. The zero-order valence-electron chi connectivity index (χ0n) is 9.17. The largest absolute Gasteiger partial charge is 0.381 e. The van der Waals surface area contributed by atoms with Crippen molar-refractivity contribution in [3.05, 3.63) is 0 Å². The molecule has 3 heteroatoms. The Morgan fingerprint density at radius 3 is 2.50 bits per heavy atom. The van der Waals surface area contributed by atoms with Crippen LogP contribution < -0.4 is 5.73 Å². The molecule has 2 N–H and O–H groups in total. The van der Waals surface area contributed by atoms with E-state index in [1.165, 1.54) is 32.2 Å². The van der Waals surface area contributed by atoms with E-state index < -0.39 is 0 Å². The van der Waals surface area contributed by atoms with Crippen LogP contribution in [0.4, 0.5) is 0 Å². The Kier molecular flexibility index (Phi) is 3.10. The molecule has 0 atom stereocenters. The molecule has 14 heavy (non-hydrogen) atoms. The summed E-state index contributed by atoms with van der Waals surface area (Å²) in [5, 5.41) is 0. The van der Waals surface area contributed by atoms with Gasteiger partial charge in [0.2, 0.25) is 0 Å². The van der Waals surface area contributed by atoms with Gasteiger partial charge in [-0.15, -0.1) is 0 Å². The second-order valence-electron chi connectivity index (χ2n) is 4.86. The Bertz CT molecular complexity index is 186. The van der Waals surface area contributed by atoms with Gasteiger partial charge in [-0.3, -0.25) is 4.90 Å². The number of nitrogens with zero attached hydrogens (tertiary/aromatic N) is 1. The van der Waals surface area contributed by atoms with Crippen molar-refractivity contribution in [3.8, 4) is 0 Å². The SMILES string of the molecule is CN(CC1CCOCC1)C1(CN)CC1. The van der Waals surface area contributed by atoms with Crippen LogP contribution in [0, 0.1) is 5.92 Å². The Balaban J connectivity index is 1.78. The predicted molar refractivity (Wildman–Crippen MR) is 57.2 cm³/mol. The first-order valence-electron chi connectivity index (χ1n) is 5.76. The maximum absolute atomic E-state index is 5.81. The minimum atomic E-state index is 0.373. The van der Waals surface area contributed by atoms with Gasteiger partial charge in [-0.1, -0.05) is 0 Å². The molecule has 0 aromatic carbocycles. The highest BCUT2D eigenvalue weighted by atomic mass is 16.5. The summed E-state index contributed by atoms with van der Waals surface area (Å²) in [7, 11) is 2.23. The molecule has 3 nitrogen and oxygen atoms in total. The Hall–Kier alpha value is -0.120. The fourth-order valence-corrected chi connectivity index (χ4v) is 2.40. The van der Waals surface area contributed by atoms with Crippen LogP contribution in [0.1, 0.15) is 25.7 Å². The molecule has 0 spiro atoms. The fraction of sp³-hybridized carbons (Fsp3) is 1.00. The van der Waals surface area contributed by atoms with Crippen molar-refractivity contribution < 1.29 is 4.74 Å². The Labute approximate surface area is 86.6 Å². The lowest BCUT2D eigenvalue weighted by Gasteiger charge is -2.32. The number of hydrogen-bond donors (Lipinski definition) is 1. The summed E-state index contributed by atoms with van der Waals surface area (Å²) in [6, 6.07) is 0. The van der Waals surface area contributed by atoms with E-state index in [0.29, 0.717) is 5.54 Å². The molecular formula is C11H22N2O. The van der Waals surface area contributed by atoms with Crippen molar-refractivity contribution >= 4 is 0 Å². The summed E-state index contributed by atoms with van der Waals surface area (Å²) in [5.41, 5.74) is 6.18. The van der Waals surface area contributed by atoms with Gasteiger partial charge in [0.1, 0.15) is 0 Å². The van der Waals surface area contributed by atoms with E-state index in [2.05, 4.69) is 11.9 Å². The van der Waals surface area contributed by atoms with Crippen LogP contribution in [0.15, 0.2) is 0 Å². The molecule has 1 aliphatic carbocycles. The van der Waals surface area contributed by atoms with Gasteiger partial charge in [0.15, 0.2) is 0 Å². The molecule has 82 valence electrons. The summed E-state index contributed by atoms with van der Waals surface area (Å²) in [4.78, 5) is 2.49. The highest BCUT2D eigenvalue weighted by Gasteiger charge is 2.45. The van der Waals surface area contributed by atoms with E-state index in [1.807, 2.05) is 0 Å². The van der Waals surface area contributed by atoms with Crippen LogP contribution in [-0.4, -0.2) is 43.8 Å². The lowest BCUT2D eigenvalue weighted by atomic mass is 9.99. The molecular weight excluding hydrogens is 176 g/mol. The number of ether oxygens (including phenoxy) is 1. The Morgan fingerprint density at radius 1 is 1.36 bits per heavy atom. The number of hydrogen-bond acceptors (Lipinski definition) is 3. The average Bonchev–Trinajstić information content (AvgIpc) is 3.00. The number of likely N-dealkylation sites (N-methyl/N-ethyl adjacent to an activating group) is 1. The van der Waals surface area contributed by atoms with E-state index in [1.54, 1.807) is 0 Å². The van der Waals surface area contributed by atoms with Crippen molar-refractivity contribution in [3.63, 3.8) is 0 Å². The quantitative estimate of drug-likeness (QED) is 0.727. The van der Waals surface area contributed by atoms with Crippen LogP contribution in [-0.2, 0) is 4.74 Å². The minimum Gasteiger partial charge on any atom is -0.381 e. The van der Waals surface area contributed by atoms with Gasteiger partial charge >= 0.3 is 0 Å². The normalized spacial score (nSPS) is 26.8. The van der Waals surface area contributed by atoms with Crippen molar-refractivity contribution in [1.29, 1.82) is 0 Å². The van der Waals surface area contributed by atoms with E-state index in [9.17, 15) is 0 Å². The fourth-order valence-electron chi connectivity index (χ4n) is 2.40. The van der Waals surface area contributed by atoms with Gasteiger partial charge in [-0.25, -0.2) is 0 Å². The molecule has 1 saturated heterocycles. The summed E-state index contributed by atoms with van der Waals surface area (Å²) in [6.45, 7) is 3.94. The second kappa shape index (κ2) is 4.17. The van der Waals surface area contributed by atoms with Crippen LogP contribution in [0.25, 0.3) is 0 Å². The molecule has 2 fully saturated rings. The molecule has 1 saturated carbocycles. The van der Waals surface area contributed by atoms with Crippen LogP contribution in [0.2, 0.25) is 0 Å². The zero-order valence-corrected chi connectivity index (χ0v) is 9.17. The second-order valence-corrected chi connectivity index (χ2v) is 4.86. The maximum Gasteiger partial charge on any atom is 0.0469 e. The van der Waals surface area contributed by atoms with Gasteiger partial charge in [-0.2, -0.15) is 0 Å². The molecule has 2 rings (SSSR count). The lowest BCUT2D eigenvalue weighted by molar-refractivity contribution is 0.0487. The third kappa shape index (κ3) is 2.10.